The van der Waals surface area contributed by atoms with Crippen molar-refractivity contribution in [3.05, 3.63) is 28.2 Å². The van der Waals surface area contributed by atoms with Gasteiger partial charge in [0.25, 0.3) is 5.92 Å². The molecule has 1 aliphatic rings. The van der Waals surface area contributed by atoms with Gasteiger partial charge in [-0.1, -0.05) is 0 Å². The maximum Gasteiger partial charge on any atom is 0.277 e. The van der Waals surface area contributed by atoms with Crippen molar-refractivity contribution in [2.45, 2.75) is 18.8 Å². The van der Waals surface area contributed by atoms with E-state index in [1.54, 1.807) is 6.07 Å². The number of ether oxygens (including phenoxy) is 1. The topological polar surface area (TPSA) is 21.3 Å². The maximum atomic E-state index is 14.4. The molecule has 2 rings (SSSR count). The largest absolute Gasteiger partial charge is 0.496 e. The fourth-order valence-electron chi connectivity index (χ4n) is 2.27. The normalized spacial score (nSPS) is 20.8. The third kappa shape index (κ3) is 2.67. The fraction of sp³-hybridized carbons (Fsp3) is 0.538. The minimum Gasteiger partial charge on any atom is -0.496 e. The molecule has 1 heterocycles. The first-order valence-electron chi connectivity index (χ1n) is 5.98. The second kappa shape index (κ2) is 5.53. The zero-order valence-electron chi connectivity index (χ0n) is 10.2. The van der Waals surface area contributed by atoms with Crippen molar-refractivity contribution in [2.24, 2.45) is 5.92 Å². The SMILES string of the molecule is COc1ccc(C(F)(F)C2CCCNC2)cc1Br. The van der Waals surface area contributed by atoms with E-state index in [4.69, 9.17) is 4.74 Å². The van der Waals surface area contributed by atoms with Crippen molar-refractivity contribution in [3.63, 3.8) is 0 Å². The molecule has 0 aliphatic carbocycles. The molecule has 0 amide bonds. The molecule has 18 heavy (non-hydrogen) atoms. The number of benzene rings is 1. The van der Waals surface area contributed by atoms with E-state index in [0.29, 0.717) is 23.2 Å². The first-order chi connectivity index (χ1) is 8.55. The summed E-state index contributed by atoms with van der Waals surface area (Å²) < 4.78 is 34.3. The predicted octanol–water partition coefficient (Wildman–Crippen LogP) is 3.55. The average molecular weight is 320 g/mol. The van der Waals surface area contributed by atoms with Gasteiger partial charge in [-0.25, -0.2) is 8.78 Å². The summed E-state index contributed by atoms with van der Waals surface area (Å²) in [4.78, 5) is 0. The van der Waals surface area contributed by atoms with Crippen molar-refractivity contribution in [1.29, 1.82) is 0 Å². The molecular formula is C13H16BrF2NO. The van der Waals surface area contributed by atoms with Gasteiger partial charge in [0.05, 0.1) is 11.6 Å². The lowest BCUT2D eigenvalue weighted by Crippen LogP contribution is -2.39. The van der Waals surface area contributed by atoms with Crippen LogP contribution in [0.1, 0.15) is 18.4 Å². The average Bonchev–Trinajstić information content (AvgIpc) is 2.39. The maximum absolute atomic E-state index is 14.4. The van der Waals surface area contributed by atoms with E-state index in [9.17, 15) is 8.78 Å². The molecule has 0 bridgehead atoms. The molecule has 1 aromatic rings. The van der Waals surface area contributed by atoms with Crippen LogP contribution in [0.5, 0.6) is 5.75 Å². The van der Waals surface area contributed by atoms with Crippen LogP contribution in [-0.4, -0.2) is 20.2 Å². The standard InChI is InChI=1S/C13H16BrF2NO/c1-18-12-5-4-9(7-11(12)14)13(15,16)10-3-2-6-17-8-10/h4-5,7,10,17H,2-3,6,8H2,1H3. The zero-order valence-corrected chi connectivity index (χ0v) is 11.8. The Bertz CT molecular complexity index is 419. The third-order valence-corrected chi connectivity index (χ3v) is 3.97. The van der Waals surface area contributed by atoms with Crippen LogP contribution in [0, 0.1) is 5.92 Å². The van der Waals surface area contributed by atoms with Gasteiger partial charge in [-0.3, -0.25) is 0 Å². The number of alkyl halides is 2. The molecular weight excluding hydrogens is 304 g/mol. The minimum atomic E-state index is -2.80. The van der Waals surface area contributed by atoms with Crippen LogP contribution in [0.15, 0.2) is 22.7 Å². The number of piperidine rings is 1. The molecule has 0 radical (unpaired) electrons. The predicted molar refractivity (Wildman–Crippen MR) is 70.2 cm³/mol. The summed E-state index contributed by atoms with van der Waals surface area (Å²) in [6.45, 7) is 1.20. The zero-order chi connectivity index (χ0) is 13.2. The summed E-state index contributed by atoms with van der Waals surface area (Å²) in [6.07, 6.45) is 1.36. The van der Waals surface area contributed by atoms with E-state index in [-0.39, 0.29) is 5.56 Å². The minimum absolute atomic E-state index is 0.0453. The Balaban J connectivity index is 2.25. The monoisotopic (exact) mass is 319 g/mol. The van der Waals surface area contributed by atoms with Gasteiger partial charge in [0.15, 0.2) is 0 Å². The van der Waals surface area contributed by atoms with Crippen LogP contribution in [0.4, 0.5) is 8.78 Å². The second-order valence-electron chi connectivity index (χ2n) is 4.52. The summed E-state index contributed by atoms with van der Waals surface area (Å²) in [5, 5.41) is 3.03. The van der Waals surface area contributed by atoms with Crippen LogP contribution >= 0.6 is 15.9 Å². The van der Waals surface area contributed by atoms with Gasteiger partial charge in [-0.05, 0) is 53.5 Å². The molecule has 1 fully saturated rings. The molecule has 100 valence electrons. The lowest BCUT2D eigenvalue weighted by Gasteiger charge is -2.31. The van der Waals surface area contributed by atoms with Gasteiger partial charge in [-0.15, -0.1) is 0 Å². The molecule has 1 aromatic carbocycles. The van der Waals surface area contributed by atoms with Crippen LogP contribution in [0.3, 0.4) is 0 Å². The van der Waals surface area contributed by atoms with Crippen molar-refractivity contribution in [1.82, 2.24) is 5.32 Å². The van der Waals surface area contributed by atoms with Crippen molar-refractivity contribution >= 4 is 15.9 Å². The highest BCUT2D eigenvalue weighted by Crippen LogP contribution is 2.41. The van der Waals surface area contributed by atoms with Gasteiger partial charge >= 0.3 is 0 Å². The first-order valence-corrected chi connectivity index (χ1v) is 6.77. The number of methoxy groups -OCH3 is 1. The van der Waals surface area contributed by atoms with Crippen LogP contribution in [0.25, 0.3) is 0 Å². The summed E-state index contributed by atoms with van der Waals surface area (Å²) in [5.74, 6) is -2.87. The summed E-state index contributed by atoms with van der Waals surface area (Å²) >= 11 is 3.25. The quantitative estimate of drug-likeness (QED) is 0.920. The lowest BCUT2D eigenvalue weighted by molar-refractivity contribution is -0.0725. The molecule has 5 heteroatoms. The summed E-state index contributed by atoms with van der Waals surface area (Å²) in [7, 11) is 1.52. The lowest BCUT2D eigenvalue weighted by atomic mass is 9.88. The molecule has 1 N–H and O–H groups in total. The molecule has 0 aromatic heterocycles. The Morgan fingerprint density at radius 1 is 1.44 bits per heavy atom. The van der Waals surface area contributed by atoms with E-state index < -0.39 is 11.8 Å². The van der Waals surface area contributed by atoms with Crippen LogP contribution in [-0.2, 0) is 5.92 Å². The fourth-order valence-corrected chi connectivity index (χ4v) is 2.81. The van der Waals surface area contributed by atoms with Gasteiger partial charge < -0.3 is 10.1 Å². The second-order valence-corrected chi connectivity index (χ2v) is 5.37. The van der Waals surface area contributed by atoms with E-state index >= 15 is 0 Å². The first kappa shape index (κ1) is 13.7. The van der Waals surface area contributed by atoms with Gasteiger partial charge in [0, 0.05) is 18.0 Å². The van der Waals surface area contributed by atoms with Gasteiger partial charge in [0.2, 0.25) is 0 Å². The van der Waals surface area contributed by atoms with Crippen molar-refractivity contribution < 1.29 is 13.5 Å². The highest BCUT2D eigenvalue weighted by Gasteiger charge is 2.41. The van der Waals surface area contributed by atoms with E-state index in [1.807, 2.05) is 0 Å². The molecule has 1 unspecified atom stereocenters. The van der Waals surface area contributed by atoms with Crippen molar-refractivity contribution in [3.8, 4) is 5.75 Å². The molecule has 0 spiro atoms. The highest BCUT2D eigenvalue weighted by molar-refractivity contribution is 9.10. The van der Waals surface area contributed by atoms with E-state index in [0.717, 1.165) is 13.0 Å². The molecule has 1 saturated heterocycles. The van der Waals surface area contributed by atoms with Crippen LogP contribution in [0.2, 0.25) is 0 Å². The van der Waals surface area contributed by atoms with Gasteiger partial charge in [-0.2, -0.15) is 0 Å². The summed E-state index contributed by atoms with van der Waals surface area (Å²) in [6, 6.07) is 4.47. The number of rotatable bonds is 3. The molecule has 1 aliphatic heterocycles. The number of hydrogen-bond donors (Lipinski definition) is 1. The van der Waals surface area contributed by atoms with E-state index in [1.165, 1.54) is 19.2 Å². The Hall–Kier alpha value is -0.680. The molecule has 1 atom stereocenters. The van der Waals surface area contributed by atoms with E-state index in [2.05, 4.69) is 21.2 Å². The molecule has 0 saturated carbocycles. The Morgan fingerprint density at radius 3 is 2.78 bits per heavy atom. The van der Waals surface area contributed by atoms with Crippen molar-refractivity contribution in [2.75, 3.05) is 20.2 Å². The Labute approximate surface area is 114 Å². The highest BCUT2D eigenvalue weighted by atomic mass is 79.9. The van der Waals surface area contributed by atoms with Crippen LogP contribution < -0.4 is 10.1 Å². The van der Waals surface area contributed by atoms with Gasteiger partial charge in [0.1, 0.15) is 5.75 Å². The third-order valence-electron chi connectivity index (χ3n) is 3.35. The molecule has 2 nitrogen and oxygen atoms in total. The Kier molecular flexibility index (Phi) is 4.22. The smallest absolute Gasteiger partial charge is 0.277 e. The summed E-state index contributed by atoms with van der Waals surface area (Å²) in [5.41, 5.74) is 0.0453. The number of halogens is 3. The Morgan fingerprint density at radius 2 is 2.22 bits per heavy atom. The number of nitrogens with one attached hydrogen (secondary N) is 1. The number of hydrogen-bond acceptors (Lipinski definition) is 2.